The molecule has 0 radical (unpaired) electrons. The summed E-state index contributed by atoms with van der Waals surface area (Å²) in [5, 5.41) is 0. The molecule has 0 amide bonds. The Morgan fingerprint density at radius 3 is 2.83 bits per heavy atom. The van der Waals surface area contributed by atoms with Crippen LogP contribution in [0.3, 0.4) is 0 Å². The monoisotopic (exact) mass is 329 g/mol. The molecule has 4 nitrogen and oxygen atoms in total. The van der Waals surface area contributed by atoms with Gasteiger partial charge in [0.25, 0.3) is 0 Å². The third-order valence-corrected chi connectivity index (χ3v) is 5.43. The van der Waals surface area contributed by atoms with E-state index in [1.54, 1.807) is 0 Å². The summed E-state index contributed by atoms with van der Waals surface area (Å²) in [6.07, 6.45) is 5.44. The van der Waals surface area contributed by atoms with Crippen LogP contribution in [0.1, 0.15) is 40.0 Å². The first kappa shape index (κ1) is 17.0. The van der Waals surface area contributed by atoms with E-state index >= 15 is 0 Å². The average Bonchev–Trinajstić information content (AvgIpc) is 2.83. The number of nitrogens with zero attached hydrogens (tertiary/aromatic N) is 2. The number of ether oxygens (including phenoxy) is 1. The van der Waals surface area contributed by atoms with Crippen LogP contribution >= 0.6 is 0 Å². The van der Waals surface area contributed by atoms with Crippen molar-refractivity contribution in [2.45, 2.75) is 52.7 Å². The van der Waals surface area contributed by atoms with Crippen molar-refractivity contribution in [1.82, 2.24) is 4.57 Å². The number of aromatic nitrogens is 2. The molecule has 0 aliphatic heterocycles. The number of hydrogen-bond acceptors (Lipinski definition) is 2. The minimum absolute atomic E-state index is 0.0665. The van der Waals surface area contributed by atoms with Gasteiger partial charge >= 0.3 is 5.97 Å². The smallest absolute Gasteiger partial charge is 0.348 e. The lowest BCUT2D eigenvalue weighted by atomic mass is 9.75. The molecule has 1 saturated carbocycles. The highest BCUT2D eigenvalue weighted by atomic mass is 16.5. The van der Waals surface area contributed by atoms with E-state index in [4.69, 9.17) is 4.74 Å². The molecule has 0 N–H and O–H groups in total. The summed E-state index contributed by atoms with van der Waals surface area (Å²) in [7, 11) is 2.00. The topological polar surface area (TPSA) is 35.1 Å². The molecule has 0 spiro atoms. The van der Waals surface area contributed by atoms with Crippen LogP contribution in [0.15, 0.2) is 30.6 Å². The molecule has 0 bridgehead atoms. The summed E-state index contributed by atoms with van der Waals surface area (Å²) in [4.78, 5) is 12.6. The lowest BCUT2D eigenvalue weighted by Gasteiger charge is -2.36. The second-order valence-corrected chi connectivity index (χ2v) is 7.70. The van der Waals surface area contributed by atoms with Crippen molar-refractivity contribution in [3.8, 4) is 0 Å². The third kappa shape index (κ3) is 3.47. The van der Waals surface area contributed by atoms with E-state index in [2.05, 4.69) is 26.8 Å². The maximum atomic E-state index is 12.6. The van der Waals surface area contributed by atoms with Crippen molar-refractivity contribution in [2.24, 2.45) is 24.8 Å². The molecule has 0 unspecified atom stereocenters. The number of rotatable bonds is 4. The number of imidazole rings is 1. The predicted octanol–water partition coefficient (Wildman–Crippen LogP) is 3.47. The van der Waals surface area contributed by atoms with Gasteiger partial charge in [-0.25, -0.2) is 13.9 Å². The van der Waals surface area contributed by atoms with E-state index < -0.39 is 0 Å². The second-order valence-electron chi connectivity index (χ2n) is 7.70. The van der Waals surface area contributed by atoms with E-state index in [0.29, 0.717) is 17.8 Å². The quantitative estimate of drug-likeness (QED) is 0.636. The van der Waals surface area contributed by atoms with Crippen molar-refractivity contribution < 1.29 is 14.1 Å². The van der Waals surface area contributed by atoms with Crippen LogP contribution in [-0.4, -0.2) is 16.6 Å². The van der Waals surface area contributed by atoms with Gasteiger partial charge in [0.05, 0.1) is 7.05 Å². The van der Waals surface area contributed by atoms with Gasteiger partial charge in [-0.3, -0.25) is 0 Å². The van der Waals surface area contributed by atoms with Gasteiger partial charge in [-0.15, -0.1) is 0 Å². The highest BCUT2D eigenvalue weighted by molar-refractivity contribution is 5.75. The number of carbonyl (C=O) groups is 1. The fourth-order valence-corrected chi connectivity index (χ4v) is 4.06. The Bertz CT molecular complexity index is 719. The summed E-state index contributed by atoms with van der Waals surface area (Å²) in [6.45, 7) is 7.01. The largest absolute Gasteiger partial charge is 0.459 e. The van der Waals surface area contributed by atoms with E-state index in [0.717, 1.165) is 23.9 Å². The van der Waals surface area contributed by atoms with Gasteiger partial charge in [0.2, 0.25) is 6.33 Å². The van der Waals surface area contributed by atoms with Gasteiger partial charge in [-0.1, -0.05) is 39.3 Å². The van der Waals surface area contributed by atoms with Crippen molar-refractivity contribution in [3.05, 3.63) is 30.6 Å². The number of para-hydroxylation sites is 2. The van der Waals surface area contributed by atoms with Crippen LogP contribution in [0.4, 0.5) is 0 Å². The maximum Gasteiger partial charge on any atom is 0.348 e. The molecule has 1 aromatic heterocycles. The summed E-state index contributed by atoms with van der Waals surface area (Å²) in [5.41, 5.74) is 2.19. The highest BCUT2D eigenvalue weighted by Crippen LogP contribution is 2.35. The SMILES string of the molecule is CC(C)[C@@H]1CC[C@H](C)C[C@@H]1OC(=O)Cn1c[n+](C)c2ccccc21. The van der Waals surface area contributed by atoms with Gasteiger partial charge in [-0.05, 0) is 42.7 Å². The average molecular weight is 329 g/mol. The van der Waals surface area contributed by atoms with Gasteiger partial charge < -0.3 is 4.74 Å². The number of hydrogen-bond donors (Lipinski definition) is 0. The fraction of sp³-hybridized carbons (Fsp3) is 0.600. The minimum atomic E-state index is -0.124. The Balaban J connectivity index is 1.72. The first-order chi connectivity index (χ1) is 11.5. The first-order valence-electron chi connectivity index (χ1n) is 9.08. The number of esters is 1. The summed E-state index contributed by atoms with van der Waals surface area (Å²) >= 11 is 0. The van der Waals surface area contributed by atoms with Crippen LogP contribution in [0, 0.1) is 17.8 Å². The van der Waals surface area contributed by atoms with Crippen LogP contribution in [-0.2, 0) is 23.1 Å². The lowest BCUT2D eigenvalue weighted by Crippen LogP contribution is -2.36. The van der Waals surface area contributed by atoms with Crippen molar-refractivity contribution in [2.75, 3.05) is 0 Å². The van der Waals surface area contributed by atoms with Crippen LogP contribution in [0.25, 0.3) is 11.0 Å². The summed E-state index contributed by atoms with van der Waals surface area (Å²) in [5.74, 6) is 1.56. The standard InChI is InChI=1S/C20H29N2O2/c1-14(2)16-10-9-15(3)11-19(16)24-20(23)12-22-13-21(4)17-7-5-6-8-18(17)22/h5-8,13-16,19H,9-12H2,1-4H3/q+1/t15-,16-,19-/m0/s1. The zero-order valence-corrected chi connectivity index (χ0v) is 15.2. The molecule has 1 aliphatic rings. The fourth-order valence-electron chi connectivity index (χ4n) is 4.06. The molecule has 1 aliphatic carbocycles. The minimum Gasteiger partial charge on any atom is -0.459 e. The number of carbonyl (C=O) groups excluding carboxylic acids is 1. The van der Waals surface area contributed by atoms with Crippen molar-refractivity contribution in [1.29, 1.82) is 0 Å². The van der Waals surface area contributed by atoms with E-state index in [-0.39, 0.29) is 18.6 Å². The molecule has 2 aromatic rings. The van der Waals surface area contributed by atoms with Gasteiger partial charge in [0, 0.05) is 0 Å². The number of fused-ring (bicyclic) bond motifs is 1. The molecule has 0 saturated heterocycles. The van der Waals surface area contributed by atoms with Gasteiger partial charge in [-0.2, -0.15) is 0 Å². The maximum absolute atomic E-state index is 12.6. The Labute approximate surface area is 144 Å². The number of aryl methyl sites for hydroxylation is 1. The summed E-state index contributed by atoms with van der Waals surface area (Å²) < 4.78 is 9.95. The molecule has 3 atom stereocenters. The molecule has 3 rings (SSSR count). The first-order valence-corrected chi connectivity index (χ1v) is 9.08. The van der Waals surface area contributed by atoms with E-state index in [9.17, 15) is 4.79 Å². The lowest BCUT2D eigenvalue weighted by molar-refractivity contribution is -0.645. The van der Waals surface area contributed by atoms with Gasteiger partial charge in [0.15, 0.2) is 17.6 Å². The molecule has 1 fully saturated rings. The van der Waals surface area contributed by atoms with E-state index in [1.807, 2.05) is 40.7 Å². The molecule has 4 heteroatoms. The highest BCUT2D eigenvalue weighted by Gasteiger charge is 2.33. The second kappa shape index (κ2) is 6.96. The van der Waals surface area contributed by atoms with Crippen LogP contribution < -0.4 is 4.57 Å². The zero-order valence-electron chi connectivity index (χ0n) is 15.2. The molecule has 24 heavy (non-hydrogen) atoms. The molecule has 1 aromatic carbocycles. The van der Waals surface area contributed by atoms with Crippen LogP contribution in [0.2, 0.25) is 0 Å². The molecular weight excluding hydrogens is 300 g/mol. The molecule has 130 valence electrons. The molecular formula is C20H29N2O2+. The summed E-state index contributed by atoms with van der Waals surface area (Å²) in [6, 6.07) is 8.13. The number of benzene rings is 1. The zero-order chi connectivity index (χ0) is 17.3. The Kier molecular flexibility index (Phi) is 4.93. The van der Waals surface area contributed by atoms with Crippen molar-refractivity contribution >= 4 is 17.0 Å². The van der Waals surface area contributed by atoms with Crippen LogP contribution in [0.5, 0.6) is 0 Å². The Hall–Kier alpha value is -1.84. The normalized spacial score (nSPS) is 24.5. The Morgan fingerprint density at radius 2 is 2.08 bits per heavy atom. The predicted molar refractivity (Wildman–Crippen MR) is 94.3 cm³/mol. The van der Waals surface area contributed by atoms with Gasteiger partial charge in [0.1, 0.15) is 6.10 Å². The Morgan fingerprint density at radius 1 is 1.33 bits per heavy atom. The third-order valence-electron chi connectivity index (χ3n) is 5.43. The molecule has 1 heterocycles. The van der Waals surface area contributed by atoms with Crippen molar-refractivity contribution in [3.63, 3.8) is 0 Å². The van der Waals surface area contributed by atoms with E-state index in [1.165, 1.54) is 6.42 Å².